The number of rotatable bonds is 7. The number of nitrogens with one attached hydrogen (secondary N) is 1. The van der Waals surface area contributed by atoms with E-state index in [9.17, 15) is 0 Å². The molecule has 0 saturated heterocycles. The fourth-order valence-corrected chi connectivity index (χ4v) is 1.43. The third-order valence-corrected chi connectivity index (χ3v) is 2.41. The van der Waals surface area contributed by atoms with E-state index in [1.54, 1.807) is 7.11 Å². The second kappa shape index (κ2) is 6.38. The van der Waals surface area contributed by atoms with Crippen LogP contribution in [0.3, 0.4) is 0 Å². The van der Waals surface area contributed by atoms with E-state index >= 15 is 0 Å². The molecular formula is C11H25NO2. The van der Waals surface area contributed by atoms with E-state index in [-0.39, 0.29) is 11.7 Å². The van der Waals surface area contributed by atoms with E-state index < -0.39 is 0 Å². The highest BCUT2D eigenvalue weighted by atomic mass is 16.5. The largest absolute Gasteiger partial charge is 0.393 e. The minimum absolute atomic E-state index is 0.0722. The standard InChI is InChI=1S/C11H25NO2/c1-9(8-11(3,4)14-5)12-7-6-10(2)13/h9-10,12-13H,6-8H2,1-5H3/t9-,10+/m1/s1. The van der Waals surface area contributed by atoms with Crippen molar-refractivity contribution in [3.8, 4) is 0 Å². The van der Waals surface area contributed by atoms with Crippen LogP contribution in [-0.4, -0.2) is 36.5 Å². The molecule has 0 unspecified atom stereocenters. The van der Waals surface area contributed by atoms with Crippen LogP contribution in [0.15, 0.2) is 0 Å². The van der Waals surface area contributed by atoms with Crippen LogP contribution in [0.4, 0.5) is 0 Å². The van der Waals surface area contributed by atoms with Crippen molar-refractivity contribution in [1.29, 1.82) is 0 Å². The Hall–Kier alpha value is -0.120. The number of aliphatic hydroxyl groups excluding tert-OH is 1. The van der Waals surface area contributed by atoms with Crippen LogP contribution in [-0.2, 0) is 4.74 Å². The molecule has 0 fully saturated rings. The van der Waals surface area contributed by atoms with Crippen molar-refractivity contribution in [3.05, 3.63) is 0 Å². The van der Waals surface area contributed by atoms with Gasteiger partial charge in [-0.1, -0.05) is 0 Å². The first-order chi connectivity index (χ1) is 6.37. The molecule has 0 bridgehead atoms. The van der Waals surface area contributed by atoms with Crippen LogP contribution >= 0.6 is 0 Å². The van der Waals surface area contributed by atoms with Crippen LogP contribution in [0, 0.1) is 0 Å². The van der Waals surface area contributed by atoms with Crippen LogP contribution in [0.2, 0.25) is 0 Å². The molecule has 0 rings (SSSR count). The maximum atomic E-state index is 9.08. The van der Waals surface area contributed by atoms with Crippen molar-refractivity contribution in [2.75, 3.05) is 13.7 Å². The number of hydrogen-bond acceptors (Lipinski definition) is 3. The Morgan fingerprint density at radius 3 is 2.36 bits per heavy atom. The lowest BCUT2D eigenvalue weighted by Crippen LogP contribution is -2.36. The van der Waals surface area contributed by atoms with Crippen molar-refractivity contribution in [2.45, 2.75) is 58.3 Å². The quantitative estimate of drug-likeness (QED) is 0.659. The second-order valence-corrected chi connectivity index (χ2v) is 4.66. The van der Waals surface area contributed by atoms with Gasteiger partial charge in [-0.3, -0.25) is 0 Å². The van der Waals surface area contributed by atoms with E-state index in [2.05, 4.69) is 26.1 Å². The first kappa shape index (κ1) is 13.9. The summed E-state index contributed by atoms with van der Waals surface area (Å²) in [5.41, 5.74) is -0.0722. The van der Waals surface area contributed by atoms with Gasteiger partial charge in [0.05, 0.1) is 11.7 Å². The summed E-state index contributed by atoms with van der Waals surface area (Å²) in [5, 5.41) is 12.4. The molecule has 0 aromatic carbocycles. The minimum atomic E-state index is -0.217. The Morgan fingerprint density at radius 1 is 1.36 bits per heavy atom. The van der Waals surface area contributed by atoms with Crippen LogP contribution in [0.1, 0.15) is 40.5 Å². The maximum Gasteiger partial charge on any atom is 0.0637 e. The molecule has 0 amide bonds. The molecule has 3 nitrogen and oxygen atoms in total. The van der Waals surface area contributed by atoms with Crippen molar-refractivity contribution in [1.82, 2.24) is 5.32 Å². The Bertz CT molecular complexity index is 146. The first-order valence-electron chi connectivity index (χ1n) is 5.34. The summed E-state index contributed by atoms with van der Waals surface area (Å²) in [6.45, 7) is 8.98. The molecule has 2 atom stereocenters. The molecule has 86 valence electrons. The van der Waals surface area contributed by atoms with Gasteiger partial charge in [0, 0.05) is 13.2 Å². The smallest absolute Gasteiger partial charge is 0.0637 e. The first-order valence-corrected chi connectivity index (χ1v) is 5.34. The molecular weight excluding hydrogens is 178 g/mol. The molecule has 0 radical (unpaired) electrons. The van der Waals surface area contributed by atoms with Crippen molar-refractivity contribution < 1.29 is 9.84 Å². The number of hydrogen-bond donors (Lipinski definition) is 2. The van der Waals surface area contributed by atoms with Crippen molar-refractivity contribution >= 4 is 0 Å². The van der Waals surface area contributed by atoms with Gasteiger partial charge >= 0.3 is 0 Å². The third-order valence-electron chi connectivity index (χ3n) is 2.41. The summed E-state index contributed by atoms with van der Waals surface area (Å²) >= 11 is 0. The van der Waals surface area contributed by atoms with Crippen LogP contribution in [0.25, 0.3) is 0 Å². The molecule has 0 aliphatic rings. The molecule has 0 spiro atoms. The van der Waals surface area contributed by atoms with E-state index in [1.165, 1.54) is 0 Å². The predicted octanol–water partition coefficient (Wildman–Crippen LogP) is 1.55. The summed E-state index contributed by atoms with van der Waals surface area (Å²) in [7, 11) is 1.74. The maximum absolute atomic E-state index is 9.08. The molecule has 0 aliphatic carbocycles. The van der Waals surface area contributed by atoms with E-state index in [0.29, 0.717) is 6.04 Å². The van der Waals surface area contributed by atoms with Gasteiger partial charge in [0.15, 0.2) is 0 Å². The van der Waals surface area contributed by atoms with Crippen molar-refractivity contribution in [2.24, 2.45) is 0 Å². The Labute approximate surface area is 87.8 Å². The van der Waals surface area contributed by atoms with Gasteiger partial charge in [-0.2, -0.15) is 0 Å². The average molecular weight is 203 g/mol. The van der Waals surface area contributed by atoms with Gasteiger partial charge in [0.25, 0.3) is 0 Å². The van der Waals surface area contributed by atoms with E-state index in [0.717, 1.165) is 19.4 Å². The highest BCUT2D eigenvalue weighted by Crippen LogP contribution is 2.15. The van der Waals surface area contributed by atoms with Crippen molar-refractivity contribution in [3.63, 3.8) is 0 Å². The SMILES string of the molecule is COC(C)(C)C[C@@H](C)NCC[C@H](C)O. The van der Waals surface area contributed by atoms with Crippen LogP contribution < -0.4 is 5.32 Å². The topological polar surface area (TPSA) is 41.5 Å². The van der Waals surface area contributed by atoms with Gasteiger partial charge < -0.3 is 15.2 Å². The fraction of sp³-hybridized carbons (Fsp3) is 1.00. The molecule has 2 N–H and O–H groups in total. The minimum Gasteiger partial charge on any atom is -0.393 e. The molecule has 0 aromatic heterocycles. The molecule has 14 heavy (non-hydrogen) atoms. The van der Waals surface area contributed by atoms with Gasteiger partial charge in [0.1, 0.15) is 0 Å². The summed E-state index contributed by atoms with van der Waals surface area (Å²) in [6.07, 6.45) is 1.56. The zero-order valence-corrected chi connectivity index (χ0v) is 10.1. The fourth-order valence-electron chi connectivity index (χ4n) is 1.43. The molecule has 0 saturated carbocycles. The molecule has 3 heteroatoms. The number of ether oxygens (including phenoxy) is 1. The number of aliphatic hydroxyl groups is 1. The van der Waals surface area contributed by atoms with E-state index in [1.807, 2.05) is 6.92 Å². The molecule has 0 aromatic rings. The summed E-state index contributed by atoms with van der Waals surface area (Å²) in [4.78, 5) is 0. The molecule has 0 aliphatic heterocycles. The number of methoxy groups -OCH3 is 1. The Morgan fingerprint density at radius 2 is 1.93 bits per heavy atom. The third kappa shape index (κ3) is 7.30. The Kier molecular flexibility index (Phi) is 6.33. The zero-order chi connectivity index (χ0) is 11.2. The zero-order valence-electron chi connectivity index (χ0n) is 10.1. The lowest BCUT2D eigenvalue weighted by atomic mass is 10.00. The van der Waals surface area contributed by atoms with Crippen LogP contribution in [0.5, 0.6) is 0 Å². The van der Waals surface area contributed by atoms with Gasteiger partial charge in [-0.05, 0) is 47.1 Å². The monoisotopic (exact) mass is 203 g/mol. The highest BCUT2D eigenvalue weighted by Gasteiger charge is 2.19. The normalized spacial score (nSPS) is 16.7. The highest BCUT2D eigenvalue weighted by molar-refractivity contribution is 4.75. The Balaban J connectivity index is 3.60. The summed E-state index contributed by atoms with van der Waals surface area (Å²) in [5.74, 6) is 0. The summed E-state index contributed by atoms with van der Waals surface area (Å²) in [6, 6.07) is 0.420. The van der Waals surface area contributed by atoms with Gasteiger partial charge in [-0.25, -0.2) is 0 Å². The summed E-state index contributed by atoms with van der Waals surface area (Å²) < 4.78 is 5.35. The second-order valence-electron chi connectivity index (χ2n) is 4.66. The lowest BCUT2D eigenvalue weighted by molar-refractivity contribution is 0.00841. The predicted molar refractivity (Wildman–Crippen MR) is 59.5 cm³/mol. The average Bonchev–Trinajstić information content (AvgIpc) is 2.02. The lowest BCUT2D eigenvalue weighted by Gasteiger charge is -2.27. The van der Waals surface area contributed by atoms with E-state index in [4.69, 9.17) is 9.84 Å². The molecule has 0 heterocycles. The van der Waals surface area contributed by atoms with Gasteiger partial charge in [-0.15, -0.1) is 0 Å². The van der Waals surface area contributed by atoms with Gasteiger partial charge in [0.2, 0.25) is 0 Å².